The number of aromatic nitrogens is 2. The zero-order valence-electron chi connectivity index (χ0n) is 20.9. The van der Waals surface area contributed by atoms with Crippen LogP contribution in [0.15, 0.2) is 18.2 Å². The summed E-state index contributed by atoms with van der Waals surface area (Å²) in [6.07, 6.45) is -5.92. The summed E-state index contributed by atoms with van der Waals surface area (Å²) in [7, 11) is 0. The number of aliphatic hydroxyl groups excluding tert-OH is 1. The van der Waals surface area contributed by atoms with Crippen LogP contribution < -0.4 is 0 Å². The second-order valence-electron chi connectivity index (χ2n) is 10.8. The van der Waals surface area contributed by atoms with Gasteiger partial charge in [-0.1, -0.05) is 52.8 Å². The SMILES string of the molecule is Cc1c(C(=O)OC(C)(C)C)nc(C(C)(C)C)n1Cc1cccc(C(O)C(C)C)c1C(F)(F)F. The monoisotopic (exact) mass is 468 g/mol. The molecule has 2 rings (SSSR count). The molecule has 0 amide bonds. The first-order chi connectivity index (χ1) is 14.8. The molecule has 0 aliphatic carbocycles. The van der Waals surface area contributed by atoms with E-state index in [2.05, 4.69) is 4.98 Å². The van der Waals surface area contributed by atoms with Crippen molar-refractivity contribution in [2.75, 3.05) is 0 Å². The number of aliphatic hydroxyl groups is 1. The highest BCUT2D eigenvalue weighted by Gasteiger charge is 2.39. The number of imidazole rings is 1. The minimum atomic E-state index is -4.66. The number of alkyl halides is 3. The lowest BCUT2D eigenvalue weighted by Gasteiger charge is -2.25. The van der Waals surface area contributed by atoms with Crippen LogP contribution in [0.2, 0.25) is 0 Å². The molecule has 8 heteroatoms. The highest BCUT2D eigenvalue weighted by Crippen LogP contribution is 2.40. The van der Waals surface area contributed by atoms with Gasteiger partial charge in [0.25, 0.3) is 0 Å². The molecule has 0 bridgehead atoms. The van der Waals surface area contributed by atoms with Gasteiger partial charge in [-0.25, -0.2) is 9.78 Å². The highest BCUT2D eigenvalue weighted by molar-refractivity contribution is 5.89. The molecule has 184 valence electrons. The number of halogens is 3. The maximum absolute atomic E-state index is 14.2. The molecule has 0 saturated carbocycles. The van der Waals surface area contributed by atoms with Crippen molar-refractivity contribution in [1.29, 1.82) is 0 Å². The van der Waals surface area contributed by atoms with Gasteiger partial charge in [-0.2, -0.15) is 13.2 Å². The van der Waals surface area contributed by atoms with Crippen molar-refractivity contribution < 1.29 is 27.8 Å². The third kappa shape index (κ3) is 6.16. The summed E-state index contributed by atoms with van der Waals surface area (Å²) in [5.74, 6) is -0.534. The van der Waals surface area contributed by atoms with Crippen LogP contribution in [-0.2, 0) is 22.9 Å². The average molecular weight is 469 g/mol. The average Bonchev–Trinajstić information content (AvgIpc) is 2.95. The van der Waals surface area contributed by atoms with E-state index in [0.717, 1.165) is 0 Å². The third-order valence-electron chi connectivity index (χ3n) is 5.23. The van der Waals surface area contributed by atoms with Gasteiger partial charge in [0.1, 0.15) is 11.4 Å². The summed E-state index contributed by atoms with van der Waals surface area (Å²) >= 11 is 0. The Morgan fingerprint density at radius 1 is 1.12 bits per heavy atom. The first-order valence-corrected chi connectivity index (χ1v) is 11.0. The molecule has 33 heavy (non-hydrogen) atoms. The standard InChI is InChI=1S/C25H35F3N2O3/c1-14(2)20(31)17-12-10-11-16(18(17)25(26,27)28)13-30-15(3)19(21(32)33-24(7,8)9)29-22(30)23(4,5)6/h10-12,14,20,31H,13H2,1-9H3. The molecule has 0 radical (unpaired) electrons. The molecular formula is C25H35F3N2O3. The van der Waals surface area contributed by atoms with Crippen LogP contribution >= 0.6 is 0 Å². The quantitative estimate of drug-likeness (QED) is 0.531. The van der Waals surface area contributed by atoms with Gasteiger partial charge in [0.05, 0.1) is 11.7 Å². The van der Waals surface area contributed by atoms with E-state index in [1.54, 1.807) is 46.1 Å². The van der Waals surface area contributed by atoms with Crippen molar-refractivity contribution in [2.24, 2.45) is 5.92 Å². The molecule has 2 aromatic rings. The predicted octanol–water partition coefficient (Wildman–Crippen LogP) is 6.20. The van der Waals surface area contributed by atoms with Gasteiger partial charge in [-0.3, -0.25) is 0 Å². The molecule has 1 unspecified atom stereocenters. The van der Waals surface area contributed by atoms with Crippen LogP contribution in [0.3, 0.4) is 0 Å². The van der Waals surface area contributed by atoms with Gasteiger partial charge >= 0.3 is 12.1 Å². The largest absolute Gasteiger partial charge is 0.455 e. The van der Waals surface area contributed by atoms with Crippen LogP contribution in [0.4, 0.5) is 13.2 Å². The Bertz CT molecular complexity index is 1010. The number of ether oxygens (including phenoxy) is 1. The van der Waals surface area contributed by atoms with Crippen molar-refractivity contribution in [2.45, 2.75) is 92.2 Å². The maximum atomic E-state index is 14.2. The number of benzene rings is 1. The zero-order valence-corrected chi connectivity index (χ0v) is 20.9. The van der Waals surface area contributed by atoms with Crippen LogP contribution in [-0.4, -0.2) is 26.2 Å². The van der Waals surface area contributed by atoms with Crippen LogP contribution in [0.5, 0.6) is 0 Å². The minimum absolute atomic E-state index is 0.00133. The summed E-state index contributed by atoms with van der Waals surface area (Å²) in [6, 6.07) is 4.23. The van der Waals surface area contributed by atoms with Crippen LogP contribution in [0, 0.1) is 12.8 Å². The molecule has 1 aromatic heterocycles. The fourth-order valence-corrected chi connectivity index (χ4v) is 3.69. The summed E-state index contributed by atoms with van der Waals surface area (Å²) in [6.45, 7) is 15.7. The summed E-state index contributed by atoms with van der Waals surface area (Å²) in [4.78, 5) is 17.3. The van der Waals surface area contributed by atoms with E-state index < -0.39 is 34.8 Å². The third-order valence-corrected chi connectivity index (χ3v) is 5.23. The van der Waals surface area contributed by atoms with E-state index in [9.17, 15) is 23.1 Å². The molecule has 0 aliphatic heterocycles. The number of hydrogen-bond acceptors (Lipinski definition) is 4. The van der Waals surface area contributed by atoms with Crippen molar-refractivity contribution >= 4 is 5.97 Å². The Hall–Kier alpha value is -2.35. The molecule has 1 N–H and O–H groups in total. The number of hydrogen-bond donors (Lipinski definition) is 1. The number of rotatable bonds is 5. The van der Waals surface area contributed by atoms with E-state index >= 15 is 0 Å². The summed E-state index contributed by atoms with van der Waals surface area (Å²) < 4.78 is 49.6. The Morgan fingerprint density at radius 2 is 1.70 bits per heavy atom. The number of nitrogens with zero attached hydrogens (tertiary/aromatic N) is 2. The maximum Gasteiger partial charge on any atom is 0.417 e. The van der Waals surface area contributed by atoms with Gasteiger partial charge in [0.15, 0.2) is 5.69 Å². The van der Waals surface area contributed by atoms with Crippen LogP contribution in [0.25, 0.3) is 0 Å². The fraction of sp³-hybridized carbons (Fsp3) is 0.600. The molecule has 0 aliphatic rings. The molecule has 1 heterocycles. The molecule has 1 atom stereocenters. The Labute approximate surface area is 194 Å². The first-order valence-electron chi connectivity index (χ1n) is 11.0. The van der Waals surface area contributed by atoms with Gasteiger partial charge < -0.3 is 14.4 Å². The fourth-order valence-electron chi connectivity index (χ4n) is 3.69. The predicted molar refractivity (Wildman–Crippen MR) is 121 cm³/mol. The second-order valence-corrected chi connectivity index (χ2v) is 10.8. The van der Waals surface area contributed by atoms with E-state index in [0.29, 0.717) is 11.5 Å². The molecule has 5 nitrogen and oxygen atoms in total. The number of carbonyl (C=O) groups excluding carboxylic acids is 1. The van der Waals surface area contributed by atoms with Gasteiger partial charge in [-0.05, 0) is 44.7 Å². The van der Waals surface area contributed by atoms with Crippen molar-refractivity contribution in [1.82, 2.24) is 9.55 Å². The molecule has 0 spiro atoms. The van der Waals surface area contributed by atoms with Crippen molar-refractivity contribution in [3.05, 3.63) is 52.1 Å². The Kier molecular flexibility index (Phi) is 7.44. The summed E-state index contributed by atoms with van der Waals surface area (Å²) in [5.41, 5.74) is -1.77. The molecule has 0 saturated heterocycles. The lowest BCUT2D eigenvalue weighted by molar-refractivity contribution is -0.140. The smallest absolute Gasteiger partial charge is 0.417 e. The lowest BCUT2D eigenvalue weighted by Crippen LogP contribution is -2.24. The Morgan fingerprint density at radius 3 is 2.15 bits per heavy atom. The molecule has 1 aromatic carbocycles. The topological polar surface area (TPSA) is 64.3 Å². The molecule has 0 fully saturated rings. The van der Waals surface area contributed by atoms with E-state index in [1.807, 2.05) is 20.8 Å². The summed E-state index contributed by atoms with van der Waals surface area (Å²) in [5, 5.41) is 10.5. The number of esters is 1. The van der Waals surface area contributed by atoms with E-state index in [4.69, 9.17) is 4.74 Å². The van der Waals surface area contributed by atoms with Crippen molar-refractivity contribution in [3.8, 4) is 0 Å². The molecular weight excluding hydrogens is 433 g/mol. The van der Waals surface area contributed by atoms with E-state index in [-0.39, 0.29) is 29.3 Å². The van der Waals surface area contributed by atoms with E-state index in [1.165, 1.54) is 18.2 Å². The normalized spacial score (nSPS) is 14.0. The number of carbonyl (C=O) groups is 1. The minimum Gasteiger partial charge on any atom is -0.455 e. The van der Waals surface area contributed by atoms with Gasteiger partial charge in [0.2, 0.25) is 0 Å². The lowest BCUT2D eigenvalue weighted by atomic mass is 9.91. The second kappa shape index (κ2) is 9.12. The zero-order chi connectivity index (χ0) is 25.5. The Balaban J connectivity index is 2.70. The van der Waals surface area contributed by atoms with Crippen LogP contribution in [0.1, 0.15) is 100 Å². The highest BCUT2D eigenvalue weighted by atomic mass is 19.4. The van der Waals surface area contributed by atoms with Gasteiger partial charge in [-0.15, -0.1) is 0 Å². The van der Waals surface area contributed by atoms with Crippen molar-refractivity contribution in [3.63, 3.8) is 0 Å². The first kappa shape index (κ1) is 26.9. The van der Waals surface area contributed by atoms with Gasteiger partial charge in [0, 0.05) is 17.7 Å².